The van der Waals surface area contributed by atoms with Crippen LogP contribution in [0.5, 0.6) is 0 Å². The Balaban J connectivity index is 1.03. The number of nitrogens with one attached hydrogen (secondary N) is 1. The van der Waals surface area contributed by atoms with Gasteiger partial charge in [-0.15, -0.1) is 0 Å². The Bertz CT molecular complexity index is 1160. The molecule has 2 aliphatic heterocycles. The minimum absolute atomic E-state index is 0.0108. The number of aromatic nitrogens is 2. The lowest BCUT2D eigenvalue weighted by Crippen LogP contribution is -2.45. The smallest absolute Gasteiger partial charge is 0.223 e. The van der Waals surface area contributed by atoms with E-state index in [0.717, 1.165) is 70.8 Å². The zero-order valence-corrected chi connectivity index (χ0v) is 20.9. The summed E-state index contributed by atoms with van der Waals surface area (Å²) in [7, 11) is 0. The molecule has 4 heterocycles. The van der Waals surface area contributed by atoms with Gasteiger partial charge in [-0.2, -0.15) is 0 Å². The van der Waals surface area contributed by atoms with Gasteiger partial charge in [-0.25, -0.2) is 4.98 Å². The summed E-state index contributed by atoms with van der Waals surface area (Å²) in [6.45, 7) is 5.24. The van der Waals surface area contributed by atoms with Gasteiger partial charge in [-0.3, -0.25) is 9.69 Å². The first kappa shape index (κ1) is 23.4. The van der Waals surface area contributed by atoms with Crippen LogP contribution in [0, 0.1) is 11.3 Å². The second kappa shape index (κ2) is 9.83. The van der Waals surface area contributed by atoms with Crippen molar-refractivity contribution in [3.8, 4) is 5.82 Å². The first-order chi connectivity index (χ1) is 17.7. The molecule has 1 saturated carbocycles. The molecule has 3 aromatic rings. The maximum atomic E-state index is 13.3. The molecule has 2 saturated heterocycles. The molecule has 1 amide bonds. The summed E-state index contributed by atoms with van der Waals surface area (Å²) in [5.41, 5.74) is 2.78. The summed E-state index contributed by atoms with van der Waals surface area (Å²) < 4.78 is 7.84. The fourth-order valence-electron chi connectivity index (χ4n) is 6.42. The van der Waals surface area contributed by atoms with E-state index in [4.69, 9.17) is 4.74 Å². The second-order valence-corrected chi connectivity index (χ2v) is 10.9. The first-order valence-electron chi connectivity index (χ1n) is 13.4. The Labute approximate surface area is 213 Å². The van der Waals surface area contributed by atoms with Crippen LogP contribution in [0.3, 0.4) is 0 Å². The van der Waals surface area contributed by atoms with E-state index in [9.17, 15) is 4.79 Å². The zero-order chi connectivity index (χ0) is 24.4. The third-order valence-corrected chi connectivity index (χ3v) is 8.91. The van der Waals surface area contributed by atoms with Crippen molar-refractivity contribution in [2.45, 2.75) is 44.1 Å². The number of ether oxygens (including phenoxy) is 1. The maximum absolute atomic E-state index is 13.3. The molecule has 1 N–H and O–H groups in total. The second-order valence-electron chi connectivity index (χ2n) is 10.9. The van der Waals surface area contributed by atoms with Crippen LogP contribution in [-0.2, 0) is 21.5 Å². The van der Waals surface area contributed by atoms with Crippen molar-refractivity contribution in [3.05, 3.63) is 84.3 Å². The SMILES string of the molecule is O=C(NCC1(c2ccccc2)CCOCC1)[C@@H]1CC12CCN(Cc1cccn1-c1ccccn1)CC2. The van der Waals surface area contributed by atoms with Crippen molar-refractivity contribution in [2.24, 2.45) is 11.3 Å². The molecule has 36 heavy (non-hydrogen) atoms. The van der Waals surface area contributed by atoms with Crippen molar-refractivity contribution in [3.63, 3.8) is 0 Å². The highest BCUT2D eigenvalue weighted by Crippen LogP contribution is 2.59. The molecule has 0 bridgehead atoms. The fourth-order valence-corrected chi connectivity index (χ4v) is 6.42. The van der Waals surface area contributed by atoms with E-state index in [2.05, 4.69) is 68.4 Å². The van der Waals surface area contributed by atoms with Gasteiger partial charge in [-0.1, -0.05) is 36.4 Å². The van der Waals surface area contributed by atoms with Crippen LogP contribution in [-0.4, -0.2) is 53.2 Å². The molecular formula is C30H36N4O2. The lowest BCUT2D eigenvalue weighted by atomic mass is 9.74. The van der Waals surface area contributed by atoms with E-state index >= 15 is 0 Å². The van der Waals surface area contributed by atoms with Gasteiger partial charge in [-0.05, 0) is 80.4 Å². The highest BCUT2D eigenvalue weighted by atomic mass is 16.5. The normalized spacial score (nSPS) is 22.8. The third-order valence-electron chi connectivity index (χ3n) is 8.91. The summed E-state index contributed by atoms with van der Waals surface area (Å²) in [5.74, 6) is 1.39. The number of benzene rings is 1. The summed E-state index contributed by atoms with van der Waals surface area (Å²) in [5, 5.41) is 3.38. The van der Waals surface area contributed by atoms with Crippen LogP contribution in [0.15, 0.2) is 73.1 Å². The third kappa shape index (κ3) is 4.60. The molecule has 3 fully saturated rings. The fraction of sp³-hybridized carbons (Fsp3) is 0.467. The van der Waals surface area contributed by atoms with Crippen LogP contribution in [0.4, 0.5) is 0 Å². The van der Waals surface area contributed by atoms with E-state index in [-0.39, 0.29) is 22.7 Å². The average molecular weight is 485 g/mol. The quantitative estimate of drug-likeness (QED) is 0.542. The van der Waals surface area contributed by atoms with Gasteiger partial charge in [0.1, 0.15) is 5.82 Å². The molecular weight excluding hydrogens is 448 g/mol. The van der Waals surface area contributed by atoms with Crippen LogP contribution in [0.1, 0.15) is 43.4 Å². The topological polar surface area (TPSA) is 59.4 Å². The van der Waals surface area contributed by atoms with E-state index in [0.29, 0.717) is 6.54 Å². The molecule has 1 aromatic carbocycles. The number of amides is 1. The Morgan fingerprint density at radius 1 is 0.972 bits per heavy atom. The van der Waals surface area contributed by atoms with Gasteiger partial charge in [0.2, 0.25) is 5.91 Å². The molecule has 188 valence electrons. The van der Waals surface area contributed by atoms with Crippen LogP contribution in [0.25, 0.3) is 5.82 Å². The lowest BCUT2D eigenvalue weighted by Gasteiger charge is -2.38. The number of nitrogens with zero attached hydrogens (tertiary/aromatic N) is 3. The van der Waals surface area contributed by atoms with Crippen molar-refractivity contribution < 1.29 is 9.53 Å². The van der Waals surface area contributed by atoms with Crippen molar-refractivity contribution in [2.75, 3.05) is 32.8 Å². The monoisotopic (exact) mass is 484 g/mol. The summed E-state index contributed by atoms with van der Waals surface area (Å²) in [4.78, 5) is 20.3. The summed E-state index contributed by atoms with van der Waals surface area (Å²) in [6.07, 6.45) is 9.10. The van der Waals surface area contributed by atoms with Crippen molar-refractivity contribution in [1.29, 1.82) is 0 Å². The summed E-state index contributed by atoms with van der Waals surface area (Å²) >= 11 is 0. The summed E-state index contributed by atoms with van der Waals surface area (Å²) in [6, 6.07) is 21.0. The highest BCUT2D eigenvalue weighted by Gasteiger charge is 2.58. The van der Waals surface area contributed by atoms with Gasteiger partial charge >= 0.3 is 0 Å². The number of hydrogen-bond donors (Lipinski definition) is 1. The van der Waals surface area contributed by atoms with Crippen LogP contribution in [0.2, 0.25) is 0 Å². The number of pyridine rings is 1. The standard InChI is InChI=1S/C30H36N4O2/c35-28(32-23-30(13-19-36-20-14-30)24-7-2-1-3-8-24)26-21-29(26)11-17-33(18-12-29)22-25-9-6-16-34(25)27-10-4-5-15-31-27/h1-10,15-16,26H,11-14,17-23H2,(H,32,35)/t26-/m0/s1. The van der Waals surface area contributed by atoms with E-state index in [1.165, 1.54) is 11.3 Å². The molecule has 1 aliphatic carbocycles. The predicted octanol–water partition coefficient (Wildman–Crippen LogP) is 4.34. The number of piperidine rings is 1. The molecule has 6 nitrogen and oxygen atoms in total. The van der Waals surface area contributed by atoms with Crippen LogP contribution < -0.4 is 5.32 Å². The minimum Gasteiger partial charge on any atom is -0.381 e. The number of carbonyl (C=O) groups excluding carboxylic acids is 1. The molecule has 6 rings (SSSR count). The largest absolute Gasteiger partial charge is 0.381 e. The predicted molar refractivity (Wildman–Crippen MR) is 140 cm³/mol. The van der Waals surface area contributed by atoms with E-state index in [1.807, 2.05) is 24.4 Å². The van der Waals surface area contributed by atoms with Gasteiger partial charge in [0, 0.05) is 55.7 Å². The molecule has 0 unspecified atom stereocenters. The Kier molecular flexibility index (Phi) is 6.40. The van der Waals surface area contributed by atoms with Gasteiger partial charge in [0.25, 0.3) is 0 Å². The first-order valence-corrected chi connectivity index (χ1v) is 13.4. The van der Waals surface area contributed by atoms with Crippen molar-refractivity contribution in [1.82, 2.24) is 19.8 Å². The molecule has 2 aromatic heterocycles. The number of hydrogen-bond acceptors (Lipinski definition) is 4. The number of likely N-dealkylation sites (tertiary alicyclic amines) is 1. The lowest BCUT2D eigenvalue weighted by molar-refractivity contribution is -0.124. The average Bonchev–Trinajstić information content (AvgIpc) is 3.44. The highest BCUT2D eigenvalue weighted by molar-refractivity contribution is 5.82. The molecule has 1 atom stereocenters. The maximum Gasteiger partial charge on any atom is 0.223 e. The Morgan fingerprint density at radius 2 is 1.75 bits per heavy atom. The number of carbonyl (C=O) groups is 1. The molecule has 6 heteroatoms. The Morgan fingerprint density at radius 3 is 2.50 bits per heavy atom. The van der Waals surface area contributed by atoms with Gasteiger partial charge in [0.05, 0.1) is 0 Å². The van der Waals surface area contributed by atoms with Crippen LogP contribution >= 0.6 is 0 Å². The molecule has 1 spiro atoms. The number of rotatable bonds is 7. The Hall–Kier alpha value is -2.96. The van der Waals surface area contributed by atoms with E-state index < -0.39 is 0 Å². The van der Waals surface area contributed by atoms with Gasteiger partial charge < -0.3 is 14.6 Å². The zero-order valence-electron chi connectivity index (χ0n) is 20.9. The van der Waals surface area contributed by atoms with Gasteiger partial charge in [0.15, 0.2) is 0 Å². The molecule has 3 aliphatic rings. The van der Waals surface area contributed by atoms with Crippen molar-refractivity contribution >= 4 is 5.91 Å². The van der Waals surface area contributed by atoms with E-state index in [1.54, 1.807) is 0 Å². The molecule has 0 radical (unpaired) electrons. The minimum atomic E-state index is -0.0108.